The molecule has 90 valence electrons. The molecule has 0 saturated heterocycles. The highest BCUT2D eigenvalue weighted by molar-refractivity contribution is 5.94. The van der Waals surface area contributed by atoms with Crippen LogP contribution in [0.3, 0.4) is 0 Å². The van der Waals surface area contributed by atoms with E-state index in [0.717, 1.165) is 12.3 Å². The molecule has 3 rings (SSSR count). The molecule has 0 spiro atoms. The molecule has 2 fully saturated rings. The van der Waals surface area contributed by atoms with Crippen molar-refractivity contribution in [3.8, 4) is 0 Å². The van der Waals surface area contributed by atoms with E-state index >= 15 is 0 Å². The molecule has 3 nitrogen and oxygen atoms in total. The van der Waals surface area contributed by atoms with Crippen LogP contribution in [0.1, 0.15) is 36.0 Å². The molecule has 4 heteroatoms. The molecular weight excluding hydrogens is 219 g/mol. The van der Waals surface area contributed by atoms with E-state index in [-0.39, 0.29) is 17.5 Å². The van der Waals surface area contributed by atoms with E-state index in [9.17, 15) is 9.18 Å². The zero-order valence-electron chi connectivity index (χ0n) is 9.53. The SMILES string of the molecule is O=C(NC1CC2CCC1C2)c1cccnc1F. The van der Waals surface area contributed by atoms with Gasteiger partial charge in [-0.25, -0.2) is 4.98 Å². The van der Waals surface area contributed by atoms with Crippen LogP contribution in [0, 0.1) is 17.8 Å². The fraction of sp³-hybridized carbons (Fsp3) is 0.538. The third-order valence-corrected chi connectivity index (χ3v) is 4.06. The van der Waals surface area contributed by atoms with Gasteiger partial charge in [-0.15, -0.1) is 0 Å². The number of nitrogens with one attached hydrogen (secondary N) is 1. The Kier molecular flexibility index (Phi) is 2.57. The largest absolute Gasteiger partial charge is 0.349 e. The Morgan fingerprint density at radius 3 is 2.94 bits per heavy atom. The molecule has 1 aromatic rings. The quantitative estimate of drug-likeness (QED) is 0.796. The van der Waals surface area contributed by atoms with Crippen LogP contribution in [-0.2, 0) is 0 Å². The van der Waals surface area contributed by atoms with Gasteiger partial charge < -0.3 is 5.32 Å². The first-order valence-electron chi connectivity index (χ1n) is 6.15. The van der Waals surface area contributed by atoms with Crippen LogP contribution in [-0.4, -0.2) is 16.9 Å². The molecule has 0 radical (unpaired) electrons. The second-order valence-corrected chi connectivity index (χ2v) is 5.10. The summed E-state index contributed by atoms with van der Waals surface area (Å²) in [5.41, 5.74) is 0.0512. The molecule has 2 bridgehead atoms. The topological polar surface area (TPSA) is 42.0 Å². The van der Waals surface area contributed by atoms with Crippen molar-refractivity contribution in [1.29, 1.82) is 0 Å². The zero-order chi connectivity index (χ0) is 11.8. The van der Waals surface area contributed by atoms with Crippen LogP contribution in [0.15, 0.2) is 18.3 Å². The number of amides is 1. The minimum absolute atomic E-state index is 0.0512. The van der Waals surface area contributed by atoms with Crippen molar-refractivity contribution in [3.63, 3.8) is 0 Å². The molecular formula is C13H15FN2O. The molecule has 1 amide bonds. The summed E-state index contributed by atoms with van der Waals surface area (Å²) in [6.07, 6.45) is 6.12. The van der Waals surface area contributed by atoms with E-state index in [1.165, 1.54) is 31.5 Å². The average Bonchev–Trinajstić information content (AvgIpc) is 2.91. The number of carbonyl (C=O) groups excluding carboxylic acids is 1. The second-order valence-electron chi connectivity index (χ2n) is 5.10. The fourth-order valence-electron chi connectivity index (χ4n) is 3.22. The monoisotopic (exact) mass is 234 g/mol. The van der Waals surface area contributed by atoms with Gasteiger partial charge in [0.05, 0.1) is 5.56 Å². The lowest BCUT2D eigenvalue weighted by molar-refractivity contribution is 0.0918. The highest BCUT2D eigenvalue weighted by Crippen LogP contribution is 2.44. The standard InChI is InChI=1S/C13H15FN2O/c14-12-10(2-1-5-15-12)13(17)16-11-7-8-3-4-9(11)6-8/h1-2,5,8-9,11H,3-4,6-7H2,(H,16,17). The van der Waals surface area contributed by atoms with Crippen LogP contribution in [0.2, 0.25) is 0 Å². The van der Waals surface area contributed by atoms with Crippen molar-refractivity contribution in [2.24, 2.45) is 11.8 Å². The van der Waals surface area contributed by atoms with Crippen LogP contribution in [0.4, 0.5) is 4.39 Å². The van der Waals surface area contributed by atoms with Gasteiger partial charge >= 0.3 is 0 Å². The maximum atomic E-state index is 13.3. The van der Waals surface area contributed by atoms with Crippen molar-refractivity contribution in [2.75, 3.05) is 0 Å². The first-order valence-corrected chi connectivity index (χ1v) is 6.15. The Morgan fingerprint density at radius 1 is 1.41 bits per heavy atom. The van der Waals surface area contributed by atoms with Gasteiger partial charge in [-0.2, -0.15) is 4.39 Å². The molecule has 1 aromatic heterocycles. The number of aromatic nitrogens is 1. The maximum Gasteiger partial charge on any atom is 0.256 e. The van der Waals surface area contributed by atoms with Gasteiger partial charge in [0.15, 0.2) is 0 Å². The van der Waals surface area contributed by atoms with Crippen molar-refractivity contribution >= 4 is 5.91 Å². The Balaban J connectivity index is 1.70. The molecule has 1 heterocycles. The van der Waals surface area contributed by atoms with Gasteiger partial charge in [0.2, 0.25) is 5.95 Å². The zero-order valence-corrected chi connectivity index (χ0v) is 9.53. The van der Waals surface area contributed by atoms with E-state index in [4.69, 9.17) is 0 Å². The summed E-state index contributed by atoms with van der Waals surface area (Å²) in [4.78, 5) is 15.4. The lowest BCUT2D eigenvalue weighted by atomic mass is 9.95. The molecule has 1 N–H and O–H groups in total. The van der Waals surface area contributed by atoms with Gasteiger partial charge in [-0.05, 0) is 43.2 Å². The molecule has 2 aliphatic rings. The Hall–Kier alpha value is -1.45. The summed E-state index contributed by atoms with van der Waals surface area (Å²) in [6.45, 7) is 0. The highest BCUT2D eigenvalue weighted by atomic mass is 19.1. The third-order valence-electron chi connectivity index (χ3n) is 4.06. The van der Waals surface area contributed by atoms with E-state index in [0.29, 0.717) is 5.92 Å². The predicted octanol–water partition coefficient (Wildman–Crippen LogP) is 2.14. The van der Waals surface area contributed by atoms with Crippen molar-refractivity contribution in [2.45, 2.75) is 31.7 Å². The number of hydrogen-bond acceptors (Lipinski definition) is 2. The van der Waals surface area contributed by atoms with Crippen LogP contribution in [0.25, 0.3) is 0 Å². The fourth-order valence-corrected chi connectivity index (χ4v) is 3.22. The predicted molar refractivity (Wildman–Crippen MR) is 60.9 cm³/mol. The van der Waals surface area contributed by atoms with Crippen LogP contribution >= 0.6 is 0 Å². The van der Waals surface area contributed by atoms with Crippen molar-refractivity contribution < 1.29 is 9.18 Å². The number of halogens is 1. The van der Waals surface area contributed by atoms with Gasteiger partial charge in [0, 0.05) is 12.2 Å². The van der Waals surface area contributed by atoms with E-state index in [2.05, 4.69) is 10.3 Å². The summed E-state index contributed by atoms with van der Waals surface area (Å²) in [5, 5.41) is 2.95. The number of rotatable bonds is 2. The van der Waals surface area contributed by atoms with Gasteiger partial charge in [-0.1, -0.05) is 6.42 Å². The molecule has 3 unspecified atom stereocenters. The summed E-state index contributed by atoms with van der Waals surface area (Å²) in [5.74, 6) is 0.356. The maximum absolute atomic E-state index is 13.3. The normalized spacial score (nSPS) is 30.5. The number of pyridine rings is 1. The summed E-state index contributed by atoms with van der Waals surface area (Å²) in [6, 6.07) is 3.30. The summed E-state index contributed by atoms with van der Waals surface area (Å²) in [7, 11) is 0. The van der Waals surface area contributed by atoms with Crippen LogP contribution < -0.4 is 5.32 Å². The molecule has 0 aromatic carbocycles. The number of fused-ring (bicyclic) bond motifs is 2. The number of hydrogen-bond donors (Lipinski definition) is 1. The minimum atomic E-state index is -0.687. The first-order chi connectivity index (χ1) is 8.24. The average molecular weight is 234 g/mol. The van der Waals surface area contributed by atoms with E-state index in [1.54, 1.807) is 6.07 Å². The minimum Gasteiger partial charge on any atom is -0.349 e. The molecule has 0 aliphatic heterocycles. The lowest BCUT2D eigenvalue weighted by Gasteiger charge is -2.22. The Morgan fingerprint density at radius 2 is 2.29 bits per heavy atom. The van der Waals surface area contributed by atoms with E-state index in [1.807, 2.05) is 0 Å². The number of carbonyl (C=O) groups is 1. The molecule has 17 heavy (non-hydrogen) atoms. The highest BCUT2D eigenvalue weighted by Gasteiger charge is 2.40. The van der Waals surface area contributed by atoms with Gasteiger partial charge in [0.25, 0.3) is 5.91 Å². The third kappa shape index (κ3) is 1.92. The first kappa shape index (κ1) is 10.7. The Labute approximate surface area is 99.4 Å². The van der Waals surface area contributed by atoms with Crippen LogP contribution in [0.5, 0.6) is 0 Å². The summed E-state index contributed by atoms with van der Waals surface area (Å²) < 4.78 is 13.3. The molecule has 2 aliphatic carbocycles. The smallest absolute Gasteiger partial charge is 0.256 e. The second kappa shape index (κ2) is 4.09. The van der Waals surface area contributed by atoms with Gasteiger partial charge in [-0.3, -0.25) is 4.79 Å². The lowest BCUT2D eigenvalue weighted by Crippen LogP contribution is -2.38. The molecule has 3 atom stereocenters. The summed E-state index contributed by atoms with van der Waals surface area (Å²) >= 11 is 0. The van der Waals surface area contributed by atoms with E-state index < -0.39 is 5.95 Å². The Bertz CT molecular complexity index is 449. The van der Waals surface area contributed by atoms with Crippen molar-refractivity contribution in [3.05, 3.63) is 29.8 Å². The van der Waals surface area contributed by atoms with Gasteiger partial charge in [0.1, 0.15) is 0 Å². The van der Waals surface area contributed by atoms with Crippen molar-refractivity contribution in [1.82, 2.24) is 10.3 Å². The molecule has 2 saturated carbocycles. The number of nitrogens with zero attached hydrogens (tertiary/aromatic N) is 1.